The van der Waals surface area contributed by atoms with Crippen LogP contribution in [-0.2, 0) is 10.4 Å². The van der Waals surface area contributed by atoms with Gasteiger partial charge in [-0.25, -0.2) is 0 Å². The highest BCUT2D eigenvalue weighted by atomic mass is 79.9. The monoisotopic (exact) mass is 361 g/mol. The first-order chi connectivity index (χ1) is 9.14. The molecule has 112 valence electrons. The second-order valence-electron chi connectivity index (χ2n) is 5.16. The molecule has 1 aromatic carbocycles. The quantitative estimate of drug-likeness (QED) is 0.819. The van der Waals surface area contributed by atoms with Gasteiger partial charge in [0.1, 0.15) is 5.78 Å². The average molecular weight is 363 g/mol. The van der Waals surface area contributed by atoms with Crippen LogP contribution in [0.4, 0.5) is 0 Å². The van der Waals surface area contributed by atoms with Crippen LogP contribution in [0.15, 0.2) is 30.3 Å². The molecule has 1 heterocycles. The Kier molecular flexibility index (Phi) is 7.17. The predicted molar refractivity (Wildman–Crippen MR) is 86.7 cm³/mol. The van der Waals surface area contributed by atoms with Crippen LogP contribution in [0.1, 0.15) is 24.8 Å². The molecule has 0 aliphatic carbocycles. The van der Waals surface area contributed by atoms with Crippen molar-refractivity contribution < 1.29 is 9.90 Å². The summed E-state index contributed by atoms with van der Waals surface area (Å²) in [6, 6.07) is 9.88. The lowest BCUT2D eigenvalue weighted by Crippen LogP contribution is -2.43. The molecule has 5 heteroatoms. The lowest BCUT2D eigenvalue weighted by Gasteiger charge is -2.38. The SMILES string of the molecule is Cl.O=C(CBr)CCN1CCC(O)(c2ccccc2)CC1. The van der Waals surface area contributed by atoms with E-state index in [-0.39, 0.29) is 18.2 Å². The Morgan fingerprint density at radius 3 is 2.40 bits per heavy atom. The van der Waals surface area contributed by atoms with Gasteiger partial charge in [-0.05, 0) is 18.4 Å². The van der Waals surface area contributed by atoms with Gasteiger partial charge in [-0.15, -0.1) is 12.4 Å². The molecule has 20 heavy (non-hydrogen) atoms. The molecule has 0 radical (unpaired) electrons. The summed E-state index contributed by atoms with van der Waals surface area (Å²) in [5.41, 5.74) is 0.308. The molecule has 2 rings (SSSR count). The molecule has 0 amide bonds. The van der Waals surface area contributed by atoms with Crippen molar-refractivity contribution in [2.24, 2.45) is 0 Å². The molecule has 1 N–H and O–H groups in total. The Bertz CT molecular complexity index is 419. The number of carbonyl (C=O) groups is 1. The van der Waals surface area contributed by atoms with Crippen LogP contribution in [0.5, 0.6) is 0 Å². The third kappa shape index (κ3) is 4.55. The second kappa shape index (κ2) is 8.13. The lowest BCUT2D eigenvalue weighted by atomic mass is 9.84. The molecular weight excluding hydrogens is 342 g/mol. The fourth-order valence-electron chi connectivity index (χ4n) is 2.53. The Labute approximate surface area is 134 Å². The number of likely N-dealkylation sites (tertiary alicyclic amines) is 1. The van der Waals surface area contributed by atoms with Gasteiger partial charge in [-0.2, -0.15) is 0 Å². The largest absolute Gasteiger partial charge is 0.385 e. The lowest BCUT2D eigenvalue weighted by molar-refractivity contribution is -0.117. The fourth-order valence-corrected chi connectivity index (χ4v) is 2.81. The zero-order valence-corrected chi connectivity index (χ0v) is 13.8. The Hall–Kier alpha value is -0.420. The second-order valence-corrected chi connectivity index (χ2v) is 5.72. The van der Waals surface area contributed by atoms with Gasteiger partial charge in [0, 0.05) is 26.1 Å². The van der Waals surface area contributed by atoms with Gasteiger partial charge in [0.15, 0.2) is 0 Å². The molecule has 1 aliphatic heterocycles. The number of hydrogen-bond donors (Lipinski definition) is 1. The number of rotatable bonds is 5. The third-order valence-electron chi connectivity index (χ3n) is 3.85. The third-order valence-corrected chi connectivity index (χ3v) is 4.48. The maximum atomic E-state index is 11.3. The molecule has 3 nitrogen and oxygen atoms in total. The van der Waals surface area contributed by atoms with Crippen molar-refractivity contribution >= 4 is 34.1 Å². The van der Waals surface area contributed by atoms with Crippen molar-refractivity contribution in [2.45, 2.75) is 24.9 Å². The van der Waals surface area contributed by atoms with Crippen molar-refractivity contribution in [1.29, 1.82) is 0 Å². The zero-order valence-electron chi connectivity index (χ0n) is 11.4. The summed E-state index contributed by atoms with van der Waals surface area (Å²) < 4.78 is 0. The maximum absolute atomic E-state index is 11.3. The summed E-state index contributed by atoms with van der Waals surface area (Å²) in [5.74, 6) is 0.240. The molecule has 0 saturated carbocycles. The molecule has 1 aromatic rings. The predicted octanol–water partition coefficient (Wildman–Crippen LogP) is 2.75. The fraction of sp³-hybridized carbons (Fsp3) is 0.533. The molecular formula is C15H21BrClNO2. The number of hydrogen-bond acceptors (Lipinski definition) is 3. The summed E-state index contributed by atoms with van der Waals surface area (Å²) in [4.78, 5) is 13.5. The Morgan fingerprint density at radius 1 is 1.25 bits per heavy atom. The summed E-state index contributed by atoms with van der Waals surface area (Å²) >= 11 is 3.18. The smallest absolute Gasteiger partial charge is 0.144 e. The van der Waals surface area contributed by atoms with E-state index in [2.05, 4.69) is 20.8 Å². The van der Waals surface area contributed by atoms with Crippen molar-refractivity contribution in [3.63, 3.8) is 0 Å². The Morgan fingerprint density at radius 2 is 1.85 bits per heavy atom. The van der Waals surface area contributed by atoms with Gasteiger partial charge in [0.25, 0.3) is 0 Å². The Balaban J connectivity index is 0.00000200. The first-order valence-electron chi connectivity index (χ1n) is 6.72. The van der Waals surface area contributed by atoms with Crippen molar-refractivity contribution in [3.8, 4) is 0 Å². The molecule has 1 saturated heterocycles. The van der Waals surface area contributed by atoms with Crippen molar-refractivity contribution in [3.05, 3.63) is 35.9 Å². The van der Waals surface area contributed by atoms with E-state index in [1.165, 1.54) is 0 Å². The van der Waals surface area contributed by atoms with Gasteiger partial charge in [0.2, 0.25) is 0 Å². The van der Waals surface area contributed by atoms with E-state index in [9.17, 15) is 9.90 Å². The van der Waals surface area contributed by atoms with E-state index in [0.29, 0.717) is 11.8 Å². The number of alkyl halides is 1. The molecule has 0 aromatic heterocycles. The van der Waals surface area contributed by atoms with Crippen LogP contribution in [0.2, 0.25) is 0 Å². The first-order valence-corrected chi connectivity index (χ1v) is 7.84. The minimum Gasteiger partial charge on any atom is -0.385 e. The summed E-state index contributed by atoms with van der Waals surface area (Å²) in [7, 11) is 0. The standard InChI is InChI=1S/C15H20BrNO2.ClH/c16-12-14(18)6-9-17-10-7-15(19,8-11-17)13-4-2-1-3-5-13;/h1-5,19H,6-12H2;1H. The topological polar surface area (TPSA) is 40.5 Å². The highest BCUT2D eigenvalue weighted by molar-refractivity contribution is 9.09. The first kappa shape index (κ1) is 17.6. The summed E-state index contributed by atoms with van der Waals surface area (Å²) in [5, 5.41) is 11.1. The van der Waals surface area contributed by atoms with E-state index in [1.54, 1.807) is 0 Å². The van der Waals surface area contributed by atoms with Gasteiger partial charge in [0.05, 0.1) is 10.9 Å². The number of aliphatic hydroxyl groups is 1. The molecule has 1 aliphatic rings. The number of nitrogens with zero attached hydrogens (tertiary/aromatic N) is 1. The van der Waals surface area contributed by atoms with Gasteiger partial charge in [-0.3, -0.25) is 4.79 Å². The summed E-state index contributed by atoms with van der Waals surface area (Å²) in [6.45, 7) is 2.50. The number of halogens is 2. The minimum atomic E-state index is -0.697. The molecule has 1 fully saturated rings. The van der Waals surface area contributed by atoms with Gasteiger partial charge >= 0.3 is 0 Å². The minimum absolute atomic E-state index is 0. The van der Waals surface area contributed by atoms with Crippen LogP contribution >= 0.6 is 28.3 Å². The molecule has 0 bridgehead atoms. The van der Waals surface area contributed by atoms with E-state index < -0.39 is 5.60 Å². The van der Waals surface area contributed by atoms with Crippen LogP contribution in [0.25, 0.3) is 0 Å². The zero-order chi connectivity index (χ0) is 13.7. The van der Waals surface area contributed by atoms with Gasteiger partial charge in [-0.1, -0.05) is 46.3 Å². The molecule has 0 spiro atoms. The van der Waals surface area contributed by atoms with E-state index >= 15 is 0 Å². The van der Waals surface area contributed by atoms with Crippen LogP contribution < -0.4 is 0 Å². The van der Waals surface area contributed by atoms with Crippen LogP contribution in [0.3, 0.4) is 0 Å². The van der Waals surface area contributed by atoms with E-state index in [4.69, 9.17) is 0 Å². The van der Waals surface area contributed by atoms with Crippen LogP contribution in [0, 0.1) is 0 Å². The van der Waals surface area contributed by atoms with Crippen LogP contribution in [-0.4, -0.2) is 40.8 Å². The van der Waals surface area contributed by atoms with Crippen molar-refractivity contribution in [2.75, 3.05) is 25.0 Å². The molecule has 0 unspecified atom stereocenters. The van der Waals surface area contributed by atoms with Gasteiger partial charge < -0.3 is 10.0 Å². The van der Waals surface area contributed by atoms with Crippen molar-refractivity contribution in [1.82, 2.24) is 4.90 Å². The number of piperidine rings is 1. The number of Topliss-reactive ketones (excluding diaryl/α,β-unsaturated/α-hetero) is 1. The molecule has 0 atom stereocenters. The normalized spacial score (nSPS) is 18.3. The number of ketones is 1. The highest BCUT2D eigenvalue weighted by Gasteiger charge is 2.33. The maximum Gasteiger partial charge on any atom is 0.144 e. The van der Waals surface area contributed by atoms with E-state index in [1.807, 2.05) is 30.3 Å². The number of carbonyl (C=O) groups excluding carboxylic acids is 1. The highest BCUT2D eigenvalue weighted by Crippen LogP contribution is 2.32. The average Bonchev–Trinajstić information content (AvgIpc) is 2.47. The van der Waals surface area contributed by atoms with E-state index in [0.717, 1.165) is 38.0 Å². The summed E-state index contributed by atoms with van der Waals surface area (Å²) in [6.07, 6.45) is 2.06. The number of benzene rings is 1.